The molecule has 2 amide bonds. The SMILES string of the molecule is C[C@H]1CN(Cc2ccccc2)C[C@H]1NC(=O)NC1CCOCC1. The van der Waals surface area contributed by atoms with Gasteiger partial charge in [-0.2, -0.15) is 0 Å². The maximum absolute atomic E-state index is 12.2. The first kappa shape index (κ1) is 16.3. The highest BCUT2D eigenvalue weighted by Crippen LogP contribution is 2.19. The lowest BCUT2D eigenvalue weighted by atomic mass is 10.1. The molecule has 2 fully saturated rings. The van der Waals surface area contributed by atoms with Gasteiger partial charge in [0.25, 0.3) is 0 Å². The smallest absolute Gasteiger partial charge is 0.315 e. The lowest BCUT2D eigenvalue weighted by molar-refractivity contribution is 0.0799. The number of carbonyl (C=O) groups is 1. The Bertz CT molecular complexity index is 502. The van der Waals surface area contributed by atoms with Crippen LogP contribution in [0.3, 0.4) is 0 Å². The molecule has 5 heteroatoms. The van der Waals surface area contributed by atoms with Gasteiger partial charge in [0.1, 0.15) is 0 Å². The normalized spacial score (nSPS) is 26.1. The molecule has 2 atom stereocenters. The van der Waals surface area contributed by atoms with Crippen molar-refractivity contribution < 1.29 is 9.53 Å². The topological polar surface area (TPSA) is 53.6 Å². The van der Waals surface area contributed by atoms with Crippen LogP contribution in [0.4, 0.5) is 4.79 Å². The van der Waals surface area contributed by atoms with Gasteiger partial charge in [0.05, 0.1) is 0 Å². The zero-order valence-corrected chi connectivity index (χ0v) is 13.8. The van der Waals surface area contributed by atoms with Gasteiger partial charge in [0, 0.05) is 44.9 Å². The summed E-state index contributed by atoms with van der Waals surface area (Å²) in [6, 6.07) is 10.9. The van der Waals surface area contributed by atoms with Crippen molar-refractivity contribution in [1.29, 1.82) is 0 Å². The standard InChI is InChI=1S/C18H27N3O2/c1-14-11-21(12-15-5-3-2-4-6-15)13-17(14)20-18(22)19-16-7-9-23-10-8-16/h2-6,14,16-17H,7-13H2,1H3,(H2,19,20,22)/t14-,17+/m0/s1. The summed E-state index contributed by atoms with van der Waals surface area (Å²) in [5.41, 5.74) is 1.33. The van der Waals surface area contributed by atoms with Gasteiger partial charge in [0.2, 0.25) is 0 Å². The van der Waals surface area contributed by atoms with Crippen LogP contribution in [-0.4, -0.2) is 49.3 Å². The molecule has 0 unspecified atom stereocenters. The Balaban J connectivity index is 1.45. The molecule has 0 saturated carbocycles. The van der Waals surface area contributed by atoms with E-state index < -0.39 is 0 Å². The summed E-state index contributed by atoms with van der Waals surface area (Å²) in [6.45, 7) is 6.59. The number of hydrogen-bond acceptors (Lipinski definition) is 3. The quantitative estimate of drug-likeness (QED) is 0.893. The van der Waals surface area contributed by atoms with Gasteiger partial charge in [-0.15, -0.1) is 0 Å². The van der Waals surface area contributed by atoms with Crippen LogP contribution in [0.5, 0.6) is 0 Å². The van der Waals surface area contributed by atoms with Gasteiger partial charge in [-0.3, -0.25) is 4.90 Å². The summed E-state index contributed by atoms with van der Waals surface area (Å²) in [7, 11) is 0. The van der Waals surface area contributed by atoms with Crippen molar-refractivity contribution >= 4 is 6.03 Å². The minimum atomic E-state index is -0.0321. The van der Waals surface area contributed by atoms with Crippen LogP contribution in [0.2, 0.25) is 0 Å². The molecule has 0 spiro atoms. The van der Waals surface area contributed by atoms with Gasteiger partial charge in [-0.05, 0) is 24.3 Å². The Hall–Kier alpha value is -1.59. The third-order valence-electron chi connectivity index (χ3n) is 4.81. The third-order valence-corrected chi connectivity index (χ3v) is 4.81. The van der Waals surface area contributed by atoms with Gasteiger partial charge in [-0.1, -0.05) is 37.3 Å². The van der Waals surface area contributed by atoms with Crippen molar-refractivity contribution in [3.05, 3.63) is 35.9 Å². The van der Waals surface area contributed by atoms with Crippen LogP contribution in [0, 0.1) is 5.92 Å². The van der Waals surface area contributed by atoms with E-state index in [1.165, 1.54) is 5.56 Å². The third kappa shape index (κ3) is 4.69. The van der Waals surface area contributed by atoms with Crippen LogP contribution in [0.1, 0.15) is 25.3 Å². The van der Waals surface area contributed by atoms with Gasteiger partial charge >= 0.3 is 6.03 Å². The van der Waals surface area contributed by atoms with Crippen LogP contribution in [-0.2, 0) is 11.3 Å². The molecule has 2 N–H and O–H groups in total. The van der Waals surface area contributed by atoms with Crippen molar-refractivity contribution in [1.82, 2.24) is 15.5 Å². The number of benzene rings is 1. The predicted molar refractivity (Wildman–Crippen MR) is 90.2 cm³/mol. The van der Waals surface area contributed by atoms with Crippen molar-refractivity contribution in [3.8, 4) is 0 Å². The molecule has 0 aliphatic carbocycles. The zero-order valence-electron chi connectivity index (χ0n) is 13.8. The minimum Gasteiger partial charge on any atom is -0.381 e. The number of urea groups is 1. The average Bonchev–Trinajstić information content (AvgIpc) is 2.88. The summed E-state index contributed by atoms with van der Waals surface area (Å²) in [6.07, 6.45) is 1.82. The Morgan fingerprint density at radius 2 is 1.91 bits per heavy atom. The summed E-state index contributed by atoms with van der Waals surface area (Å²) in [4.78, 5) is 14.6. The second-order valence-electron chi connectivity index (χ2n) is 6.77. The summed E-state index contributed by atoms with van der Waals surface area (Å²) >= 11 is 0. The van der Waals surface area contributed by atoms with E-state index >= 15 is 0 Å². The molecule has 1 aromatic carbocycles. The zero-order chi connectivity index (χ0) is 16.1. The maximum Gasteiger partial charge on any atom is 0.315 e. The second-order valence-corrected chi connectivity index (χ2v) is 6.77. The number of nitrogens with zero attached hydrogens (tertiary/aromatic N) is 1. The Labute approximate surface area is 138 Å². The number of likely N-dealkylation sites (tertiary alicyclic amines) is 1. The fourth-order valence-corrected chi connectivity index (χ4v) is 3.46. The molecule has 0 bridgehead atoms. The molecule has 2 aliphatic rings. The molecule has 1 aromatic rings. The van der Waals surface area contributed by atoms with Gasteiger partial charge in [-0.25, -0.2) is 4.79 Å². The van der Waals surface area contributed by atoms with Gasteiger partial charge in [0.15, 0.2) is 0 Å². The molecule has 3 rings (SSSR count). The fraction of sp³-hybridized carbons (Fsp3) is 0.611. The average molecular weight is 317 g/mol. The minimum absolute atomic E-state index is 0.0321. The monoisotopic (exact) mass is 317 g/mol. The van der Waals surface area contributed by atoms with Crippen LogP contribution >= 0.6 is 0 Å². The lowest BCUT2D eigenvalue weighted by Gasteiger charge is -2.25. The molecule has 0 aromatic heterocycles. The van der Waals surface area contributed by atoms with Gasteiger partial charge < -0.3 is 15.4 Å². The summed E-state index contributed by atoms with van der Waals surface area (Å²) in [5, 5.41) is 6.24. The van der Waals surface area contributed by atoms with Crippen LogP contribution < -0.4 is 10.6 Å². The van der Waals surface area contributed by atoms with E-state index in [2.05, 4.69) is 46.7 Å². The first-order chi connectivity index (χ1) is 11.2. The fourth-order valence-electron chi connectivity index (χ4n) is 3.46. The Morgan fingerprint density at radius 1 is 1.17 bits per heavy atom. The van der Waals surface area contributed by atoms with Crippen molar-refractivity contribution in [2.75, 3.05) is 26.3 Å². The van der Waals surface area contributed by atoms with Crippen LogP contribution in [0.25, 0.3) is 0 Å². The highest BCUT2D eigenvalue weighted by atomic mass is 16.5. The molecule has 5 nitrogen and oxygen atoms in total. The first-order valence-corrected chi connectivity index (χ1v) is 8.62. The number of carbonyl (C=O) groups excluding carboxylic acids is 1. The molecule has 0 radical (unpaired) electrons. The molecular formula is C18H27N3O2. The molecule has 23 heavy (non-hydrogen) atoms. The van der Waals surface area contributed by atoms with E-state index in [-0.39, 0.29) is 18.1 Å². The highest BCUT2D eigenvalue weighted by molar-refractivity contribution is 5.74. The molecule has 2 heterocycles. The molecule has 2 saturated heterocycles. The number of nitrogens with one attached hydrogen (secondary N) is 2. The van der Waals surface area contributed by atoms with E-state index in [4.69, 9.17) is 4.74 Å². The van der Waals surface area contributed by atoms with Crippen LogP contribution in [0.15, 0.2) is 30.3 Å². The van der Waals surface area contributed by atoms with Crippen molar-refractivity contribution in [2.45, 2.75) is 38.4 Å². The number of hydrogen-bond donors (Lipinski definition) is 2. The largest absolute Gasteiger partial charge is 0.381 e. The number of ether oxygens (including phenoxy) is 1. The molecular weight excluding hydrogens is 290 g/mol. The molecule has 126 valence electrons. The van der Waals surface area contributed by atoms with Crippen molar-refractivity contribution in [3.63, 3.8) is 0 Å². The van der Waals surface area contributed by atoms with E-state index in [0.29, 0.717) is 5.92 Å². The Morgan fingerprint density at radius 3 is 2.65 bits per heavy atom. The van der Waals surface area contributed by atoms with E-state index in [9.17, 15) is 4.79 Å². The maximum atomic E-state index is 12.2. The van der Waals surface area contributed by atoms with Crippen molar-refractivity contribution in [2.24, 2.45) is 5.92 Å². The van der Waals surface area contributed by atoms with E-state index in [1.807, 2.05) is 6.07 Å². The summed E-state index contributed by atoms with van der Waals surface area (Å²) in [5.74, 6) is 0.471. The summed E-state index contributed by atoms with van der Waals surface area (Å²) < 4.78 is 5.32. The van der Waals surface area contributed by atoms with E-state index in [0.717, 1.165) is 45.7 Å². The molecule has 2 aliphatic heterocycles. The first-order valence-electron chi connectivity index (χ1n) is 8.62. The number of rotatable bonds is 4. The number of amides is 2. The Kier molecular flexibility index (Phi) is 5.51. The highest BCUT2D eigenvalue weighted by Gasteiger charge is 2.31. The second kappa shape index (κ2) is 7.79. The van der Waals surface area contributed by atoms with E-state index in [1.54, 1.807) is 0 Å². The lowest BCUT2D eigenvalue weighted by Crippen LogP contribution is -2.49. The predicted octanol–water partition coefficient (Wildman–Crippen LogP) is 1.99.